The number of halogens is 3. The molecule has 0 amide bonds. The van der Waals surface area contributed by atoms with Crippen LogP contribution in [0.4, 0.5) is 13.2 Å². The second kappa shape index (κ2) is 6.14. The number of alkyl halides is 3. The molecule has 1 aliphatic heterocycles. The molecular formula is C15H20F3NO. The minimum Gasteiger partial charge on any atom is -0.393 e. The van der Waals surface area contributed by atoms with E-state index in [1.54, 1.807) is 0 Å². The maximum atomic E-state index is 12.7. The van der Waals surface area contributed by atoms with Crippen molar-refractivity contribution in [1.82, 2.24) is 4.90 Å². The van der Waals surface area contributed by atoms with Crippen LogP contribution >= 0.6 is 0 Å². The summed E-state index contributed by atoms with van der Waals surface area (Å²) in [5.41, 5.74) is 1.01. The molecule has 0 spiro atoms. The van der Waals surface area contributed by atoms with Crippen molar-refractivity contribution in [2.45, 2.75) is 45.0 Å². The second-order valence-corrected chi connectivity index (χ2v) is 5.50. The van der Waals surface area contributed by atoms with Crippen molar-refractivity contribution in [2.24, 2.45) is 0 Å². The first-order valence-corrected chi connectivity index (χ1v) is 6.93. The highest BCUT2D eigenvalue weighted by Crippen LogP contribution is 2.31. The summed E-state index contributed by atoms with van der Waals surface area (Å²) in [6.45, 7) is 3.91. The van der Waals surface area contributed by atoms with Crippen molar-refractivity contribution in [3.8, 4) is 0 Å². The van der Waals surface area contributed by atoms with Crippen LogP contribution in [0.5, 0.6) is 0 Å². The predicted octanol–water partition coefficient (Wildman–Crippen LogP) is 3.36. The minimum atomic E-state index is -4.29. The quantitative estimate of drug-likeness (QED) is 0.901. The lowest BCUT2D eigenvalue weighted by Crippen LogP contribution is -2.25. The first-order chi connectivity index (χ1) is 9.36. The zero-order valence-corrected chi connectivity index (χ0v) is 11.6. The number of aliphatic hydroxyl groups excluding tert-OH is 1. The van der Waals surface area contributed by atoms with E-state index in [1.165, 1.54) is 12.1 Å². The van der Waals surface area contributed by atoms with Gasteiger partial charge in [0.2, 0.25) is 0 Å². The zero-order valence-electron chi connectivity index (χ0n) is 11.6. The number of aryl methyl sites for hydroxylation is 1. The molecular weight excluding hydrogens is 267 g/mol. The summed E-state index contributed by atoms with van der Waals surface area (Å²) in [4.78, 5) is 2.12. The van der Waals surface area contributed by atoms with Crippen LogP contribution in [-0.4, -0.2) is 29.2 Å². The molecule has 0 aromatic heterocycles. The van der Waals surface area contributed by atoms with Gasteiger partial charge in [-0.25, -0.2) is 0 Å². The fraction of sp³-hybridized carbons (Fsp3) is 0.600. The summed E-state index contributed by atoms with van der Waals surface area (Å²) in [5.74, 6) is 0. The van der Waals surface area contributed by atoms with Crippen LogP contribution in [0, 0.1) is 6.92 Å². The molecule has 1 aromatic rings. The van der Waals surface area contributed by atoms with Gasteiger partial charge in [0.15, 0.2) is 0 Å². The Balaban J connectivity index is 2.12. The molecule has 0 saturated carbocycles. The minimum absolute atomic E-state index is 0.275. The van der Waals surface area contributed by atoms with E-state index in [-0.39, 0.29) is 6.10 Å². The summed E-state index contributed by atoms with van der Waals surface area (Å²) in [7, 11) is 0. The molecule has 1 saturated heterocycles. The van der Waals surface area contributed by atoms with Gasteiger partial charge in [-0.05, 0) is 56.0 Å². The average molecular weight is 287 g/mol. The van der Waals surface area contributed by atoms with Gasteiger partial charge >= 0.3 is 6.18 Å². The molecule has 0 bridgehead atoms. The molecule has 20 heavy (non-hydrogen) atoms. The van der Waals surface area contributed by atoms with E-state index in [0.29, 0.717) is 13.0 Å². The molecule has 0 radical (unpaired) electrons. The Morgan fingerprint density at radius 1 is 1.25 bits per heavy atom. The van der Waals surface area contributed by atoms with Crippen molar-refractivity contribution in [3.63, 3.8) is 0 Å². The van der Waals surface area contributed by atoms with E-state index in [1.807, 2.05) is 6.92 Å². The maximum Gasteiger partial charge on any atom is 0.416 e. The Morgan fingerprint density at radius 3 is 2.70 bits per heavy atom. The van der Waals surface area contributed by atoms with E-state index in [0.717, 1.165) is 43.1 Å². The number of hydrogen-bond acceptors (Lipinski definition) is 2. The van der Waals surface area contributed by atoms with Gasteiger partial charge in [0.1, 0.15) is 0 Å². The summed E-state index contributed by atoms with van der Waals surface area (Å²) >= 11 is 0. The van der Waals surface area contributed by atoms with Crippen LogP contribution in [0.3, 0.4) is 0 Å². The Hall–Kier alpha value is -1.07. The van der Waals surface area contributed by atoms with Crippen LogP contribution in [0.1, 0.15) is 36.0 Å². The van der Waals surface area contributed by atoms with Crippen molar-refractivity contribution in [1.29, 1.82) is 0 Å². The molecule has 2 nitrogen and oxygen atoms in total. The molecule has 2 rings (SSSR count). The Labute approximate surface area is 117 Å². The molecule has 5 heteroatoms. The fourth-order valence-electron chi connectivity index (χ4n) is 2.56. The molecule has 1 N–H and O–H groups in total. The van der Waals surface area contributed by atoms with Gasteiger partial charge in [-0.1, -0.05) is 6.07 Å². The van der Waals surface area contributed by atoms with Crippen molar-refractivity contribution in [2.75, 3.05) is 13.1 Å². The zero-order chi connectivity index (χ0) is 14.8. The number of aliphatic hydroxyl groups is 1. The van der Waals surface area contributed by atoms with Gasteiger partial charge in [-0.15, -0.1) is 0 Å². The highest BCUT2D eigenvalue weighted by Gasteiger charge is 2.30. The lowest BCUT2D eigenvalue weighted by atomic mass is 10.0. The first kappa shape index (κ1) is 15.3. The van der Waals surface area contributed by atoms with Gasteiger partial charge in [0.05, 0.1) is 11.7 Å². The predicted molar refractivity (Wildman–Crippen MR) is 71.3 cm³/mol. The monoisotopic (exact) mass is 287 g/mol. The third-order valence-corrected chi connectivity index (χ3v) is 3.86. The third kappa shape index (κ3) is 3.96. The van der Waals surface area contributed by atoms with Crippen LogP contribution in [0.15, 0.2) is 18.2 Å². The second-order valence-electron chi connectivity index (χ2n) is 5.50. The van der Waals surface area contributed by atoms with Crippen LogP contribution in [-0.2, 0) is 12.7 Å². The topological polar surface area (TPSA) is 23.5 Å². The van der Waals surface area contributed by atoms with Crippen LogP contribution in [0.25, 0.3) is 0 Å². The summed E-state index contributed by atoms with van der Waals surface area (Å²) in [5, 5.41) is 9.60. The smallest absolute Gasteiger partial charge is 0.393 e. The normalized spacial score (nSPS) is 21.8. The Morgan fingerprint density at radius 2 is 2.00 bits per heavy atom. The summed E-state index contributed by atoms with van der Waals surface area (Å²) in [6.07, 6.45) is -2.21. The highest BCUT2D eigenvalue weighted by molar-refractivity contribution is 5.32. The number of hydrogen-bond donors (Lipinski definition) is 1. The van der Waals surface area contributed by atoms with Gasteiger partial charge in [0.25, 0.3) is 0 Å². The lowest BCUT2D eigenvalue weighted by molar-refractivity contribution is -0.137. The molecule has 1 fully saturated rings. The van der Waals surface area contributed by atoms with Gasteiger partial charge in [-0.3, -0.25) is 4.90 Å². The Bertz CT molecular complexity index is 459. The average Bonchev–Trinajstić information content (AvgIpc) is 2.56. The molecule has 1 aliphatic rings. The maximum absolute atomic E-state index is 12.7. The molecule has 1 heterocycles. The summed E-state index contributed by atoms with van der Waals surface area (Å²) in [6, 6.07) is 3.91. The van der Waals surface area contributed by atoms with Crippen molar-refractivity contribution >= 4 is 0 Å². The largest absolute Gasteiger partial charge is 0.416 e. The van der Waals surface area contributed by atoms with Gasteiger partial charge in [-0.2, -0.15) is 13.2 Å². The molecule has 1 aromatic carbocycles. The highest BCUT2D eigenvalue weighted by atomic mass is 19.4. The molecule has 0 aliphatic carbocycles. The number of benzene rings is 1. The number of rotatable bonds is 2. The van der Waals surface area contributed by atoms with Crippen molar-refractivity contribution in [3.05, 3.63) is 34.9 Å². The molecule has 1 unspecified atom stereocenters. The van der Waals surface area contributed by atoms with Crippen LogP contribution < -0.4 is 0 Å². The van der Waals surface area contributed by atoms with Gasteiger partial charge < -0.3 is 5.11 Å². The third-order valence-electron chi connectivity index (χ3n) is 3.86. The van der Waals surface area contributed by atoms with Gasteiger partial charge in [0, 0.05) is 13.1 Å². The fourth-order valence-corrected chi connectivity index (χ4v) is 2.56. The standard InChI is InChI=1S/C15H20F3NO/c1-11-4-5-13(15(16,17)18)9-12(11)10-19-7-2-3-14(20)6-8-19/h4-5,9,14,20H,2-3,6-8,10H2,1H3. The van der Waals surface area contributed by atoms with Crippen LogP contribution in [0.2, 0.25) is 0 Å². The summed E-state index contributed by atoms with van der Waals surface area (Å²) < 4.78 is 38.2. The lowest BCUT2D eigenvalue weighted by Gasteiger charge is -2.21. The van der Waals surface area contributed by atoms with Crippen molar-refractivity contribution < 1.29 is 18.3 Å². The van der Waals surface area contributed by atoms with E-state index in [2.05, 4.69) is 4.90 Å². The van der Waals surface area contributed by atoms with E-state index < -0.39 is 11.7 Å². The molecule has 112 valence electrons. The van der Waals surface area contributed by atoms with E-state index in [4.69, 9.17) is 0 Å². The Kier molecular flexibility index (Phi) is 4.70. The number of likely N-dealkylation sites (tertiary alicyclic amines) is 1. The molecule has 1 atom stereocenters. The SMILES string of the molecule is Cc1ccc(C(F)(F)F)cc1CN1CCCC(O)CC1. The van der Waals surface area contributed by atoms with E-state index >= 15 is 0 Å². The number of nitrogens with zero attached hydrogens (tertiary/aromatic N) is 1. The first-order valence-electron chi connectivity index (χ1n) is 6.93. The van der Waals surface area contributed by atoms with E-state index in [9.17, 15) is 18.3 Å².